The number of benzene rings is 1. The number of hydrogen-bond acceptors (Lipinski definition) is 5. The van der Waals surface area contributed by atoms with E-state index in [1.807, 2.05) is 0 Å². The van der Waals surface area contributed by atoms with Crippen molar-refractivity contribution in [2.24, 2.45) is 0 Å². The van der Waals surface area contributed by atoms with Crippen molar-refractivity contribution in [2.75, 3.05) is 19.7 Å². The van der Waals surface area contributed by atoms with E-state index in [-0.39, 0.29) is 31.2 Å². The smallest absolute Gasteiger partial charge is 0.257 e. The van der Waals surface area contributed by atoms with Crippen molar-refractivity contribution in [2.45, 2.75) is 13.0 Å². The Morgan fingerprint density at radius 2 is 2.17 bits per heavy atom. The highest BCUT2D eigenvalue weighted by Crippen LogP contribution is 2.26. The lowest BCUT2D eigenvalue weighted by Crippen LogP contribution is -2.42. The van der Waals surface area contributed by atoms with Crippen LogP contribution < -0.4 is 0 Å². The van der Waals surface area contributed by atoms with Crippen LogP contribution in [-0.4, -0.2) is 40.7 Å². The first-order chi connectivity index (χ1) is 11.0. The number of carbonyl (C=O) groups excluding carboxylic acids is 1. The second-order valence-electron chi connectivity index (χ2n) is 4.99. The molecule has 122 valence electrons. The number of amides is 1. The number of aromatic nitrogens is 2. The largest absolute Gasteiger partial charge is 0.423 e. The second kappa shape index (κ2) is 6.21. The molecular weight excluding hydrogens is 332 g/mol. The van der Waals surface area contributed by atoms with Crippen LogP contribution in [0.5, 0.6) is 0 Å². The number of nitrogens with zero attached hydrogens (tertiary/aromatic N) is 3. The SMILES string of the molecule is Cc1nnc([C@@H]2CN(C(=O)c3ccc(F)c(Cl)c3F)CCO2)o1. The zero-order valence-electron chi connectivity index (χ0n) is 12.1. The van der Waals surface area contributed by atoms with Crippen molar-refractivity contribution in [1.82, 2.24) is 15.1 Å². The normalized spacial score (nSPS) is 18.3. The highest BCUT2D eigenvalue weighted by molar-refractivity contribution is 6.31. The first-order valence-electron chi connectivity index (χ1n) is 6.81. The predicted octanol–water partition coefficient (Wildman–Crippen LogP) is 2.52. The quantitative estimate of drug-likeness (QED) is 0.784. The van der Waals surface area contributed by atoms with Gasteiger partial charge in [0.1, 0.15) is 10.8 Å². The topological polar surface area (TPSA) is 68.5 Å². The van der Waals surface area contributed by atoms with E-state index in [2.05, 4.69) is 10.2 Å². The van der Waals surface area contributed by atoms with Crippen molar-refractivity contribution in [3.63, 3.8) is 0 Å². The molecule has 3 rings (SSSR count). The predicted molar refractivity (Wildman–Crippen MR) is 75.0 cm³/mol. The molecule has 0 spiro atoms. The molecule has 1 aliphatic heterocycles. The third-order valence-corrected chi connectivity index (χ3v) is 3.78. The summed E-state index contributed by atoms with van der Waals surface area (Å²) in [6.45, 7) is 2.25. The third-order valence-electron chi connectivity index (χ3n) is 3.44. The van der Waals surface area contributed by atoms with Crippen LogP contribution in [0.4, 0.5) is 8.78 Å². The molecule has 1 atom stereocenters. The van der Waals surface area contributed by atoms with E-state index in [0.29, 0.717) is 5.89 Å². The molecule has 6 nitrogen and oxygen atoms in total. The molecule has 1 saturated heterocycles. The Balaban J connectivity index is 1.81. The number of carbonyl (C=O) groups is 1. The van der Waals surface area contributed by atoms with Gasteiger partial charge in [0.05, 0.1) is 18.7 Å². The van der Waals surface area contributed by atoms with Crippen molar-refractivity contribution in [3.8, 4) is 0 Å². The molecule has 1 amide bonds. The molecule has 9 heteroatoms. The monoisotopic (exact) mass is 343 g/mol. The zero-order valence-corrected chi connectivity index (χ0v) is 12.8. The number of rotatable bonds is 2. The summed E-state index contributed by atoms with van der Waals surface area (Å²) in [4.78, 5) is 13.8. The van der Waals surface area contributed by atoms with Crippen LogP contribution in [0.2, 0.25) is 5.02 Å². The van der Waals surface area contributed by atoms with Crippen LogP contribution in [0.1, 0.15) is 28.2 Å². The van der Waals surface area contributed by atoms with Gasteiger partial charge in [-0.2, -0.15) is 0 Å². The summed E-state index contributed by atoms with van der Waals surface area (Å²) in [5.41, 5.74) is -0.293. The molecule has 1 aromatic heterocycles. The highest BCUT2D eigenvalue weighted by Gasteiger charge is 2.31. The van der Waals surface area contributed by atoms with Gasteiger partial charge in [-0.25, -0.2) is 8.78 Å². The third kappa shape index (κ3) is 3.04. The average molecular weight is 344 g/mol. The van der Waals surface area contributed by atoms with Gasteiger partial charge >= 0.3 is 0 Å². The van der Waals surface area contributed by atoms with E-state index in [9.17, 15) is 13.6 Å². The Hall–Kier alpha value is -2.06. The van der Waals surface area contributed by atoms with Crippen LogP contribution in [-0.2, 0) is 4.74 Å². The van der Waals surface area contributed by atoms with Crippen LogP contribution in [0.3, 0.4) is 0 Å². The van der Waals surface area contributed by atoms with E-state index in [1.165, 1.54) is 4.90 Å². The maximum absolute atomic E-state index is 14.0. The van der Waals surface area contributed by atoms with Gasteiger partial charge in [-0.1, -0.05) is 11.6 Å². The lowest BCUT2D eigenvalue weighted by Gasteiger charge is -2.31. The van der Waals surface area contributed by atoms with Gasteiger partial charge in [-0.05, 0) is 12.1 Å². The lowest BCUT2D eigenvalue weighted by molar-refractivity contribution is -0.0350. The summed E-state index contributed by atoms with van der Waals surface area (Å²) in [6, 6.07) is 2.03. The Labute approximate surface area is 135 Å². The minimum atomic E-state index is -1.08. The number of halogens is 3. The molecule has 2 heterocycles. The Kier molecular flexibility index (Phi) is 4.27. The minimum absolute atomic E-state index is 0.120. The highest BCUT2D eigenvalue weighted by atomic mass is 35.5. The fourth-order valence-corrected chi connectivity index (χ4v) is 2.45. The Morgan fingerprint density at radius 1 is 1.39 bits per heavy atom. The fraction of sp³-hybridized carbons (Fsp3) is 0.357. The van der Waals surface area contributed by atoms with Crippen molar-refractivity contribution in [1.29, 1.82) is 0 Å². The summed E-state index contributed by atoms with van der Waals surface area (Å²) >= 11 is 5.51. The van der Waals surface area contributed by atoms with Crippen LogP contribution in [0, 0.1) is 18.6 Å². The number of hydrogen-bond donors (Lipinski definition) is 0. The van der Waals surface area contributed by atoms with Crippen molar-refractivity contribution < 1.29 is 22.7 Å². The number of aryl methyl sites for hydroxylation is 1. The fourth-order valence-electron chi connectivity index (χ4n) is 2.29. The van der Waals surface area contributed by atoms with Crippen molar-refractivity contribution in [3.05, 3.63) is 46.1 Å². The number of ether oxygens (including phenoxy) is 1. The molecule has 2 aromatic rings. The van der Waals surface area contributed by atoms with E-state index in [0.717, 1.165) is 12.1 Å². The summed E-state index contributed by atoms with van der Waals surface area (Å²) in [5.74, 6) is -1.97. The minimum Gasteiger partial charge on any atom is -0.423 e. The summed E-state index contributed by atoms with van der Waals surface area (Å²) in [7, 11) is 0. The maximum atomic E-state index is 14.0. The molecule has 0 unspecified atom stereocenters. The first-order valence-corrected chi connectivity index (χ1v) is 7.19. The maximum Gasteiger partial charge on any atom is 0.257 e. The second-order valence-corrected chi connectivity index (χ2v) is 5.37. The van der Waals surface area contributed by atoms with Gasteiger partial charge in [0.25, 0.3) is 5.91 Å². The summed E-state index contributed by atoms with van der Waals surface area (Å²) in [5, 5.41) is 6.86. The molecule has 23 heavy (non-hydrogen) atoms. The molecule has 0 aliphatic carbocycles. The Bertz CT molecular complexity index is 753. The van der Waals surface area contributed by atoms with Crippen molar-refractivity contribution >= 4 is 17.5 Å². The summed E-state index contributed by atoms with van der Waals surface area (Å²) in [6.07, 6.45) is -0.590. The van der Waals surface area contributed by atoms with Gasteiger partial charge in [0, 0.05) is 13.5 Å². The molecule has 0 bridgehead atoms. The van der Waals surface area contributed by atoms with E-state index < -0.39 is 28.7 Å². The zero-order chi connectivity index (χ0) is 16.6. The van der Waals surface area contributed by atoms with Gasteiger partial charge in [-0.15, -0.1) is 10.2 Å². The molecular formula is C14H12ClF2N3O3. The van der Waals surface area contributed by atoms with Gasteiger partial charge < -0.3 is 14.1 Å². The molecule has 0 saturated carbocycles. The van der Waals surface area contributed by atoms with E-state index >= 15 is 0 Å². The van der Waals surface area contributed by atoms with Crippen LogP contribution in [0.15, 0.2) is 16.5 Å². The van der Waals surface area contributed by atoms with Gasteiger partial charge in [0.2, 0.25) is 11.8 Å². The van der Waals surface area contributed by atoms with Gasteiger partial charge in [-0.3, -0.25) is 4.79 Å². The molecule has 0 N–H and O–H groups in total. The first kappa shape index (κ1) is 15.8. The standard InChI is InChI=1S/C14H12ClF2N3O3/c1-7-18-19-13(23-7)10-6-20(4-5-22-10)14(21)8-2-3-9(16)11(15)12(8)17/h2-3,10H,4-6H2,1H3/t10-/m0/s1. The molecule has 1 fully saturated rings. The van der Waals surface area contributed by atoms with E-state index in [4.69, 9.17) is 20.8 Å². The number of morpholine rings is 1. The Morgan fingerprint density at radius 3 is 2.87 bits per heavy atom. The summed E-state index contributed by atoms with van der Waals surface area (Å²) < 4.78 is 38.0. The molecule has 1 aliphatic rings. The van der Waals surface area contributed by atoms with Gasteiger partial charge in [0.15, 0.2) is 11.9 Å². The lowest BCUT2D eigenvalue weighted by atomic mass is 10.1. The molecule has 0 radical (unpaired) electrons. The average Bonchev–Trinajstić information content (AvgIpc) is 2.99. The van der Waals surface area contributed by atoms with Crippen LogP contribution in [0.25, 0.3) is 0 Å². The van der Waals surface area contributed by atoms with Crippen LogP contribution >= 0.6 is 11.6 Å². The van der Waals surface area contributed by atoms with E-state index in [1.54, 1.807) is 6.92 Å². The molecule has 1 aromatic carbocycles.